The number of ether oxygens (including phenoxy) is 1. The largest absolute Gasteiger partial charge is 0.487 e. The molecule has 0 bridgehead atoms. The van der Waals surface area contributed by atoms with E-state index in [1.807, 2.05) is 38.1 Å². The number of carbonyl (C=O) groups excluding carboxylic acids is 1. The lowest BCUT2D eigenvalue weighted by Crippen LogP contribution is -2.53. The summed E-state index contributed by atoms with van der Waals surface area (Å²) in [5.74, 6) is 1.34. The maximum absolute atomic E-state index is 12.7. The number of hydrogen-bond acceptors (Lipinski definition) is 3. The van der Waals surface area contributed by atoms with E-state index >= 15 is 0 Å². The van der Waals surface area contributed by atoms with Crippen LogP contribution in [0.3, 0.4) is 0 Å². The number of amides is 1. The van der Waals surface area contributed by atoms with Crippen LogP contribution in [0.4, 0.5) is 0 Å². The molecule has 1 saturated carbocycles. The first kappa shape index (κ1) is 12.7. The summed E-state index contributed by atoms with van der Waals surface area (Å²) in [6, 6.07) is 8.11. The van der Waals surface area contributed by atoms with Crippen molar-refractivity contribution in [3.8, 4) is 5.75 Å². The number of rotatable bonds is 1. The predicted molar refractivity (Wildman–Crippen MR) is 79.2 cm³/mol. The van der Waals surface area contributed by atoms with Crippen molar-refractivity contribution in [3.05, 3.63) is 29.8 Å². The number of carbonyl (C=O) groups is 1. The number of para-hydroxylation sites is 1. The third-order valence-electron chi connectivity index (χ3n) is 4.23. The summed E-state index contributed by atoms with van der Waals surface area (Å²) in [6.45, 7) is 4.02. The van der Waals surface area contributed by atoms with Gasteiger partial charge < -0.3 is 10.1 Å². The van der Waals surface area contributed by atoms with Crippen LogP contribution < -0.4 is 15.4 Å². The molecule has 110 valence electrons. The molecule has 1 aliphatic carbocycles. The highest BCUT2D eigenvalue weighted by Gasteiger charge is 2.54. The van der Waals surface area contributed by atoms with Gasteiger partial charge in [-0.3, -0.25) is 10.1 Å². The summed E-state index contributed by atoms with van der Waals surface area (Å²) in [5, 5.41) is 6.26. The summed E-state index contributed by atoms with van der Waals surface area (Å²) in [7, 11) is 0. The van der Waals surface area contributed by atoms with Gasteiger partial charge in [0.1, 0.15) is 11.4 Å². The van der Waals surface area contributed by atoms with Crippen LogP contribution in [0.1, 0.15) is 38.7 Å². The monoisotopic (exact) mass is 285 g/mol. The van der Waals surface area contributed by atoms with Crippen LogP contribution in [0.15, 0.2) is 29.3 Å². The topological polar surface area (TPSA) is 62.7 Å². The average Bonchev–Trinajstić information content (AvgIpc) is 3.15. The highest BCUT2D eigenvalue weighted by molar-refractivity contribution is 6.10. The van der Waals surface area contributed by atoms with Gasteiger partial charge in [0.2, 0.25) is 0 Å². The number of hydrogen-bond donors (Lipinski definition) is 2. The Labute approximate surface area is 123 Å². The van der Waals surface area contributed by atoms with Crippen LogP contribution in [0.25, 0.3) is 0 Å². The molecular weight excluding hydrogens is 266 g/mol. The highest BCUT2D eigenvalue weighted by atomic mass is 16.5. The normalized spacial score (nSPS) is 31.5. The lowest BCUT2D eigenvalue weighted by molar-refractivity contribution is -0.127. The van der Waals surface area contributed by atoms with Crippen molar-refractivity contribution < 1.29 is 9.53 Å². The van der Waals surface area contributed by atoms with Gasteiger partial charge in [-0.2, -0.15) is 0 Å². The molecule has 2 fully saturated rings. The minimum absolute atomic E-state index is 0.0364. The SMILES string of the molecule is CC1(C)CC2(NC(=NC3CC3)NC2=O)c2ccccc2O1. The fraction of sp³-hybridized carbons (Fsp3) is 0.500. The molecular formula is C16H19N3O2. The standard InChI is InChI=1S/C16H19N3O2/c1-15(2)9-16(11-5-3-4-6-12(11)21-15)13(20)18-14(19-16)17-10-7-8-10/h3-6,10H,7-9H2,1-2H3,(H2,17,18,19,20). The smallest absolute Gasteiger partial charge is 0.257 e. The van der Waals surface area contributed by atoms with Crippen molar-refractivity contribution >= 4 is 11.9 Å². The quantitative estimate of drug-likeness (QED) is 0.825. The molecule has 5 nitrogen and oxygen atoms in total. The molecule has 1 amide bonds. The van der Waals surface area contributed by atoms with Gasteiger partial charge in [0.25, 0.3) is 5.91 Å². The number of guanidine groups is 1. The third kappa shape index (κ3) is 1.99. The van der Waals surface area contributed by atoms with E-state index in [1.54, 1.807) is 0 Å². The highest BCUT2D eigenvalue weighted by Crippen LogP contribution is 2.44. The van der Waals surface area contributed by atoms with Crippen molar-refractivity contribution in [3.63, 3.8) is 0 Å². The lowest BCUT2D eigenvalue weighted by atomic mass is 9.77. The Morgan fingerprint density at radius 1 is 1.29 bits per heavy atom. The van der Waals surface area contributed by atoms with Crippen molar-refractivity contribution in [2.24, 2.45) is 4.99 Å². The number of benzene rings is 1. The first-order valence-corrected chi connectivity index (χ1v) is 7.45. The van der Waals surface area contributed by atoms with E-state index in [4.69, 9.17) is 4.74 Å². The fourth-order valence-electron chi connectivity index (χ4n) is 3.25. The zero-order chi connectivity index (χ0) is 14.7. The maximum Gasteiger partial charge on any atom is 0.257 e. The first-order chi connectivity index (χ1) is 9.98. The van der Waals surface area contributed by atoms with Gasteiger partial charge in [0.05, 0.1) is 6.04 Å². The molecule has 0 radical (unpaired) electrons. The Morgan fingerprint density at radius 3 is 2.81 bits per heavy atom. The van der Waals surface area contributed by atoms with Gasteiger partial charge in [0.15, 0.2) is 11.5 Å². The van der Waals surface area contributed by atoms with E-state index in [2.05, 4.69) is 15.6 Å². The van der Waals surface area contributed by atoms with E-state index < -0.39 is 11.1 Å². The van der Waals surface area contributed by atoms with Gasteiger partial charge in [0, 0.05) is 12.0 Å². The van der Waals surface area contributed by atoms with Crippen molar-refractivity contribution in [1.29, 1.82) is 0 Å². The van der Waals surface area contributed by atoms with E-state index in [9.17, 15) is 4.79 Å². The first-order valence-electron chi connectivity index (χ1n) is 7.45. The fourth-order valence-corrected chi connectivity index (χ4v) is 3.25. The zero-order valence-electron chi connectivity index (χ0n) is 12.3. The van der Waals surface area contributed by atoms with Gasteiger partial charge >= 0.3 is 0 Å². The van der Waals surface area contributed by atoms with Crippen molar-refractivity contribution in [2.45, 2.75) is 50.3 Å². The molecule has 3 aliphatic rings. The minimum atomic E-state index is -0.772. The van der Waals surface area contributed by atoms with E-state index in [1.165, 1.54) is 0 Å². The molecule has 1 unspecified atom stereocenters. The van der Waals surface area contributed by atoms with E-state index in [-0.39, 0.29) is 5.91 Å². The zero-order valence-corrected chi connectivity index (χ0v) is 12.3. The summed E-state index contributed by atoms with van der Waals surface area (Å²) in [6.07, 6.45) is 2.80. The molecule has 2 aliphatic heterocycles. The molecule has 2 N–H and O–H groups in total. The van der Waals surface area contributed by atoms with Crippen LogP contribution in [0.5, 0.6) is 5.75 Å². The van der Waals surface area contributed by atoms with Crippen LogP contribution in [-0.2, 0) is 10.3 Å². The molecule has 0 aromatic heterocycles. The summed E-state index contributed by atoms with van der Waals surface area (Å²) < 4.78 is 6.02. The molecule has 1 atom stereocenters. The molecule has 1 aromatic carbocycles. The van der Waals surface area contributed by atoms with Gasteiger partial charge in [-0.05, 0) is 32.8 Å². The van der Waals surface area contributed by atoms with Crippen LogP contribution in [-0.4, -0.2) is 23.5 Å². The summed E-state index contributed by atoms with van der Waals surface area (Å²) in [4.78, 5) is 17.2. The number of nitrogens with zero attached hydrogens (tertiary/aromatic N) is 1. The molecule has 4 rings (SSSR count). The third-order valence-corrected chi connectivity index (χ3v) is 4.23. The Morgan fingerprint density at radius 2 is 2.05 bits per heavy atom. The van der Waals surface area contributed by atoms with Crippen molar-refractivity contribution in [2.75, 3.05) is 0 Å². The second kappa shape index (κ2) is 4.00. The predicted octanol–water partition coefficient (Wildman–Crippen LogP) is 1.68. The number of fused-ring (bicyclic) bond motifs is 2. The summed E-state index contributed by atoms with van der Waals surface area (Å²) >= 11 is 0. The average molecular weight is 285 g/mol. The van der Waals surface area contributed by atoms with Crippen LogP contribution in [0, 0.1) is 0 Å². The lowest BCUT2D eigenvalue weighted by Gasteiger charge is -2.42. The second-order valence-corrected chi connectivity index (χ2v) is 6.73. The van der Waals surface area contributed by atoms with Crippen LogP contribution in [0.2, 0.25) is 0 Å². The number of nitrogens with one attached hydrogen (secondary N) is 2. The molecule has 1 spiro atoms. The second-order valence-electron chi connectivity index (χ2n) is 6.73. The van der Waals surface area contributed by atoms with E-state index in [0.29, 0.717) is 18.4 Å². The molecule has 2 heterocycles. The Balaban J connectivity index is 1.80. The van der Waals surface area contributed by atoms with Crippen molar-refractivity contribution in [1.82, 2.24) is 10.6 Å². The molecule has 5 heteroatoms. The van der Waals surface area contributed by atoms with Crippen LogP contribution >= 0.6 is 0 Å². The number of aliphatic imine (C=N–C) groups is 1. The minimum Gasteiger partial charge on any atom is -0.487 e. The Hall–Kier alpha value is -2.04. The maximum atomic E-state index is 12.7. The summed E-state index contributed by atoms with van der Waals surface area (Å²) in [5.41, 5.74) is -0.289. The molecule has 21 heavy (non-hydrogen) atoms. The van der Waals surface area contributed by atoms with Gasteiger partial charge in [-0.1, -0.05) is 18.2 Å². The van der Waals surface area contributed by atoms with Gasteiger partial charge in [-0.15, -0.1) is 0 Å². The Bertz CT molecular complexity index is 649. The van der Waals surface area contributed by atoms with Gasteiger partial charge in [-0.25, -0.2) is 4.99 Å². The molecule has 1 aromatic rings. The Kier molecular flexibility index (Phi) is 2.41. The van der Waals surface area contributed by atoms with E-state index in [0.717, 1.165) is 24.2 Å². The molecule has 1 saturated heterocycles.